The molecule has 0 bridgehead atoms. The van der Waals surface area contributed by atoms with Crippen LogP contribution in [0.25, 0.3) is 22.5 Å². The molecule has 6 aromatic rings. The number of hydrogen-bond acceptors (Lipinski definition) is 10. The van der Waals surface area contributed by atoms with Crippen LogP contribution < -0.4 is 0 Å². The van der Waals surface area contributed by atoms with Crippen molar-refractivity contribution in [2.75, 3.05) is 47.0 Å². The summed E-state index contributed by atoms with van der Waals surface area (Å²) in [5.74, 6) is -2.71. The van der Waals surface area contributed by atoms with Gasteiger partial charge in [0, 0.05) is 118 Å². The zero-order valence-electron chi connectivity index (χ0n) is 39.5. The lowest BCUT2D eigenvalue weighted by molar-refractivity contribution is 0.00385. The molecule has 0 spiro atoms. The fourth-order valence-corrected chi connectivity index (χ4v) is 8.61. The molecule has 2 amide bonds. The number of rotatable bonds is 7. The molecular weight excluding hydrogens is 893 g/mol. The molecule has 0 N–H and O–H groups in total. The van der Waals surface area contributed by atoms with Gasteiger partial charge in [-0.05, 0) is 101 Å². The van der Waals surface area contributed by atoms with Gasteiger partial charge in [0.05, 0.1) is 29.7 Å². The van der Waals surface area contributed by atoms with Crippen molar-refractivity contribution in [3.8, 4) is 22.5 Å². The molecule has 1 saturated carbocycles. The molecule has 69 heavy (non-hydrogen) atoms. The summed E-state index contributed by atoms with van der Waals surface area (Å²) in [6, 6.07) is 9.75. The first-order chi connectivity index (χ1) is 33.4. The minimum Gasteiger partial charge on any atom is -0.381 e. The van der Waals surface area contributed by atoms with Gasteiger partial charge < -0.3 is 19.3 Å². The average molecular weight is 951 g/mol. The predicted octanol–water partition coefficient (Wildman–Crippen LogP) is 9.31. The highest BCUT2D eigenvalue weighted by molar-refractivity contribution is 5.97. The maximum Gasteiger partial charge on any atom is 0.272 e. The Morgan fingerprint density at radius 1 is 0.754 bits per heavy atom. The van der Waals surface area contributed by atoms with Crippen LogP contribution >= 0.6 is 0 Å². The van der Waals surface area contributed by atoms with Crippen LogP contribution in [0, 0.1) is 23.3 Å². The molecule has 0 radical (unpaired) electrons. The molecule has 8 heterocycles. The standard InChI is InChI=1S/C26H29F2N5O2.C14H11F2N3O.C6H8N2.C5H10O/c1-4-15(2)33-14-17(13-29-33)22-11-16(8-10-35-22)25-30-23(19-6-5-18(27)12-21(19)28)20-7-9-32(3)26(34)24(20)31-25;1-19-5-4-10-12(17-7-18-13(10)14(19)20)9-3-2-8(15)6-11(9)16;1-4-7-8(5-1)6-2-3-6;1-2-4-6-5-3-1/h5-6,12-16,22H,4,7-11H2,1-3H3;2-3,6-7H,4-5H2,1H3;1,4-6H,2-3H2;1-5H2/t15?,16-,22+;;;/m1.../s1. The zero-order valence-corrected chi connectivity index (χ0v) is 39.5. The Labute approximate surface area is 399 Å². The van der Waals surface area contributed by atoms with Gasteiger partial charge in [0.15, 0.2) is 0 Å². The molecular formula is C51H58F4N10O4. The van der Waals surface area contributed by atoms with E-state index in [4.69, 9.17) is 19.4 Å². The van der Waals surface area contributed by atoms with Crippen LogP contribution in [0.4, 0.5) is 17.6 Å². The molecule has 14 nitrogen and oxygen atoms in total. The van der Waals surface area contributed by atoms with Crippen LogP contribution in [-0.4, -0.2) is 108 Å². The maximum atomic E-state index is 14.8. The van der Waals surface area contributed by atoms with Crippen molar-refractivity contribution in [3.05, 3.63) is 131 Å². The van der Waals surface area contributed by atoms with E-state index in [1.165, 1.54) is 62.7 Å². The lowest BCUT2D eigenvalue weighted by Crippen LogP contribution is -2.36. The van der Waals surface area contributed by atoms with Gasteiger partial charge in [0.25, 0.3) is 11.8 Å². The number of carbonyl (C=O) groups excluding carboxylic acids is 2. The van der Waals surface area contributed by atoms with E-state index in [2.05, 4.69) is 34.0 Å². The molecule has 3 atom stereocenters. The molecule has 3 fully saturated rings. The van der Waals surface area contributed by atoms with E-state index >= 15 is 0 Å². The smallest absolute Gasteiger partial charge is 0.272 e. The number of aromatic nitrogens is 8. The highest BCUT2D eigenvalue weighted by Crippen LogP contribution is 2.39. The fourth-order valence-electron chi connectivity index (χ4n) is 8.61. The first-order valence-electron chi connectivity index (χ1n) is 23.8. The highest BCUT2D eigenvalue weighted by atomic mass is 19.1. The SMILES string of the molecule is C1CCOCC1.CCC(C)n1cc([C@@H]2C[C@H](c3nc4c(c(-c5ccc(F)cc5F)n3)CCN(C)C4=O)CCO2)cn1.CN1CCc2c(ncnc2-c2ccc(F)cc2F)C1=O.c1cnn(C2CC2)c1. The van der Waals surface area contributed by atoms with Gasteiger partial charge in [0.1, 0.15) is 46.8 Å². The molecule has 5 aliphatic rings. The fraction of sp³-hybridized carbons (Fsp3) is 0.451. The van der Waals surface area contributed by atoms with Gasteiger partial charge in [-0.1, -0.05) is 6.92 Å². The molecule has 2 saturated heterocycles. The van der Waals surface area contributed by atoms with Crippen molar-refractivity contribution in [1.82, 2.24) is 49.3 Å². The number of fused-ring (bicyclic) bond motifs is 2. The molecule has 4 aliphatic heterocycles. The number of carbonyl (C=O) groups is 2. The van der Waals surface area contributed by atoms with Gasteiger partial charge in [-0.15, -0.1) is 0 Å². The van der Waals surface area contributed by atoms with E-state index in [0.717, 1.165) is 43.4 Å². The minimum atomic E-state index is -0.703. The lowest BCUT2D eigenvalue weighted by atomic mass is 9.91. The van der Waals surface area contributed by atoms with Gasteiger partial charge in [-0.25, -0.2) is 37.5 Å². The molecule has 18 heteroatoms. The molecule has 11 rings (SSSR count). The third-order valence-electron chi connectivity index (χ3n) is 13.0. The van der Waals surface area contributed by atoms with Crippen LogP contribution in [0.1, 0.15) is 133 Å². The largest absolute Gasteiger partial charge is 0.381 e. The third-order valence-corrected chi connectivity index (χ3v) is 13.0. The lowest BCUT2D eigenvalue weighted by Gasteiger charge is -2.30. The van der Waals surface area contributed by atoms with Crippen molar-refractivity contribution in [3.63, 3.8) is 0 Å². The normalized spacial score (nSPS) is 19.2. The average Bonchev–Trinajstić information content (AvgIpc) is 3.82. The van der Waals surface area contributed by atoms with E-state index in [9.17, 15) is 27.2 Å². The molecule has 2 aromatic carbocycles. The van der Waals surface area contributed by atoms with E-state index in [0.29, 0.717) is 85.5 Å². The van der Waals surface area contributed by atoms with E-state index < -0.39 is 23.3 Å². The van der Waals surface area contributed by atoms with Crippen LogP contribution in [-0.2, 0) is 22.3 Å². The number of hydrogen-bond donors (Lipinski definition) is 0. The third kappa shape index (κ3) is 11.7. The minimum absolute atomic E-state index is 0.0757. The van der Waals surface area contributed by atoms with Crippen molar-refractivity contribution >= 4 is 11.8 Å². The summed E-state index contributed by atoms with van der Waals surface area (Å²) in [4.78, 5) is 45.7. The van der Waals surface area contributed by atoms with Crippen molar-refractivity contribution in [2.24, 2.45) is 0 Å². The Morgan fingerprint density at radius 2 is 1.38 bits per heavy atom. The summed E-state index contributed by atoms with van der Waals surface area (Å²) in [6.07, 6.45) is 18.7. The van der Waals surface area contributed by atoms with E-state index in [-0.39, 0.29) is 40.7 Å². The van der Waals surface area contributed by atoms with Gasteiger partial charge in [-0.2, -0.15) is 10.2 Å². The van der Waals surface area contributed by atoms with E-state index in [1.54, 1.807) is 23.9 Å². The maximum absolute atomic E-state index is 14.8. The summed E-state index contributed by atoms with van der Waals surface area (Å²) in [5, 5.41) is 8.58. The topological polar surface area (TPSA) is 146 Å². The summed E-state index contributed by atoms with van der Waals surface area (Å²) >= 11 is 0. The second kappa shape index (κ2) is 22.4. The van der Waals surface area contributed by atoms with Crippen LogP contribution in [0.2, 0.25) is 0 Å². The van der Waals surface area contributed by atoms with Crippen molar-refractivity contribution in [1.29, 1.82) is 0 Å². The Balaban J connectivity index is 0.000000155. The molecule has 1 unspecified atom stereocenters. The monoisotopic (exact) mass is 950 g/mol. The van der Waals surface area contributed by atoms with Crippen molar-refractivity contribution < 1.29 is 36.6 Å². The summed E-state index contributed by atoms with van der Waals surface area (Å²) < 4.78 is 70.4. The molecule has 4 aromatic heterocycles. The van der Waals surface area contributed by atoms with Gasteiger partial charge >= 0.3 is 0 Å². The first-order valence-corrected chi connectivity index (χ1v) is 23.8. The number of likely N-dealkylation sites (N-methyl/N-ethyl adjacent to an activating group) is 2. The number of ether oxygens (including phenoxy) is 2. The second-order valence-electron chi connectivity index (χ2n) is 18.0. The Morgan fingerprint density at radius 3 is 1.96 bits per heavy atom. The number of halogens is 4. The highest BCUT2D eigenvalue weighted by Gasteiger charge is 2.34. The van der Waals surface area contributed by atoms with Crippen molar-refractivity contribution in [2.45, 2.75) is 102 Å². The Hall–Kier alpha value is -6.40. The summed E-state index contributed by atoms with van der Waals surface area (Å²) in [7, 11) is 3.41. The van der Waals surface area contributed by atoms with Crippen LogP contribution in [0.15, 0.2) is 73.6 Å². The number of amides is 2. The second-order valence-corrected chi connectivity index (χ2v) is 18.0. The zero-order chi connectivity index (χ0) is 48.6. The quantitative estimate of drug-likeness (QED) is 0.142. The predicted molar refractivity (Wildman–Crippen MR) is 249 cm³/mol. The van der Waals surface area contributed by atoms with Crippen LogP contribution in [0.5, 0.6) is 0 Å². The van der Waals surface area contributed by atoms with Gasteiger partial charge in [-0.3, -0.25) is 19.0 Å². The first kappa shape index (κ1) is 49.0. The van der Waals surface area contributed by atoms with E-state index in [1.807, 2.05) is 40.2 Å². The molecule has 1 aliphatic carbocycles. The summed E-state index contributed by atoms with van der Waals surface area (Å²) in [5.41, 5.74) is 3.90. The number of benzene rings is 2. The molecule has 364 valence electrons. The number of nitrogens with zero attached hydrogens (tertiary/aromatic N) is 10. The Bertz CT molecular complexity index is 2720. The van der Waals surface area contributed by atoms with Gasteiger partial charge in [0.2, 0.25) is 0 Å². The summed E-state index contributed by atoms with van der Waals surface area (Å²) in [6.45, 7) is 7.76. The Kier molecular flexibility index (Phi) is 15.9. The van der Waals surface area contributed by atoms with Crippen LogP contribution in [0.3, 0.4) is 0 Å².